The van der Waals surface area contributed by atoms with Gasteiger partial charge in [-0.05, 0) is 38.6 Å². The summed E-state index contributed by atoms with van der Waals surface area (Å²) in [6, 6.07) is 5.94. The van der Waals surface area contributed by atoms with E-state index in [1.807, 2.05) is 24.4 Å². The maximum absolute atomic E-state index is 4.30. The van der Waals surface area contributed by atoms with Crippen LogP contribution in [0.2, 0.25) is 0 Å². The van der Waals surface area contributed by atoms with Gasteiger partial charge in [-0.25, -0.2) is 0 Å². The Balaban J connectivity index is 1.54. The summed E-state index contributed by atoms with van der Waals surface area (Å²) in [5.74, 6) is 0.843. The van der Waals surface area contributed by atoms with Crippen molar-refractivity contribution >= 4 is 5.96 Å². The average molecular weight is 318 g/mol. The van der Waals surface area contributed by atoms with Crippen LogP contribution in [0.4, 0.5) is 0 Å². The molecule has 1 aliphatic rings. The second-order valence-electron chi connectivity index (χ2n) is 6.03. The first-order valence-corrected chi connectivity index (χ1v) is 8.53. The Morgan fingerprint density at radius 1 is 1.17 bits per heavy atom. The van der Waals surface area contributed by atoms with Gasteiger partial charge in [-0.3, -0.25) is 9.98 Å². The highest BCUT2D eigenvalue weighted by atomic mass is 15.2. The van der Waals surface area contributed by atoms with E-state index in [4.69, 9.17) is 0 Å². The lowest BCUT2D eigenvalue weighted by Gasteiger charge is -2.32. The van der Waals surface area contributed by atoms with Gasteiger partial charge in [0.15, 0.2) is 5.96 Å². The van der Waals surface area contributed by atoms with Gasteiger partial charge in [0.1, 0.15) is 0 Å². The van der Waals surface area contributed by atoms with Crippen LogP contribution >= 0.6 is 0 Å². The maximum Gasteiger partial charge on any atom is 0.191 e. The zero-order chi connectivity index (χ0) is 16.3. The monoisotopic (exact) mass is 318 g/mol. The van der Waals surface area contributed by atoms with Gasteiger partial charge >= 0.3 is 0 Å². The fraction of sp³-hybridized carbons (Fsp3) is 0.647. The third-order valence-electron chi connectivity index (χ3n) is 4.18. The third kappa shape index (κ3) is 6.97. The van der Waals surface area contributed by atoms with E-state index in [1.165, 1.54) is 39.1 Å². The Morgan fingerprint density at radius 3 is 2.70 bits per heavy atom. The lowest BCUT2D eigenvalue weighted by Crippen LogP contribution is -2.44. The molecule has 0 spiro atoms. The fourth-order valence-electron chi connectivity index (χ4n) is 2.64. The molecule has 1 saturated heterocycles. The van der Waals surface area contributed by atoms with Crippen molar-refractivity contribution in [2.75, 3.05) is 53.4 Å². The molecule has 1 aromatic rings. The van der Waals surface area contributed by atoms with Crippen LogP contribution in [-0.4, -0.2) is 74.1 Å². The molecule has 6 nitrogen and oxygen atoms in total. The Morgan fingerprint density at radius 2 is 2.00 bits per heavy atom. The standard InChI is InChI=1S/C17H30N6/c1-18-17(21-15-16-7-3-4-8-19-16)20-9-5-6-10-23-13-11-22(2)12-14-23/h3-4,7-8H,5-6,9-15H2,1-2H3,(H2,18,20,21). The molecule has 1 fully saturated rings. The highest BCUT2D eigenvalue weighted by molar-refractivity contribution is 5.79. The van der Waals surface area contributed by atoms with Crippen LogP contribution in [0.3, 0.4) is 0 Å². The van der Waals surface area contributed by atoms with Crippen LogP contribution in [0.5, 0.6) is 0 Å². The van der Waals surface area contributed by atoms with Gasteiger partial charge in [0, 0.05) is 46.0 Å². The lowest BCUT2D eigenvalue weighted by molar-refractivity contribution is 0.152. The number of pyridine rings is 1. The molecular formula is C17H30N6. The number of hydrogen-bond donors (Lipinski definition) is 2. The van der Waals surface area contributed by atoms with Crippen LogP contribution in [0.25, 0.3) is 0 Å². The normalized spacial score (nSPS) is 17.2. The Bertz CT molecular complexity index is 453. The lowest BCUT2D eigenvalue weighted by atomic mass is 10.2. The molecule has 2 heterocycles. The molecule has 0 aromatic carbocycles. The first-order valence-electron chi connectivity index (χ1n) is 8.53. The molecule has 1 aromatic heterocycles. The summed E-state index contributed by atoms with van der Waals surface area (Å²) in [4.78, 5) is 13.5. The largest absolute Gasteiger partial charge is 0.356 e. The summed E-state index contributed by atoms with van der Waals surface area (Å²) >= 11 is 0. The summed E-state index contributed by atoms with van der Waals surface area (Å²) in [6.45, 7) is 7.66. The van der Waals surface area contributed by atoms with Crippen LogP contribution < -0.4 is 10.6 Å². The first-order chi connectivity index (χ1) is 11.3. The smallest absolute Gasteiger partial charge is 0.191 e. The highest BCUT2D eigenvalue weighted by Crippen LogP contribution is 2.01. The molecule has 128 valence electrons. The van der Waals surface area contributed by atoms with E-state index in [-0.39, 0.29) is 0 Å². The molecule has 1 aliphatic heterocycles. The number of unbranched alkanes of at least 4 members (excludes halogenated alkanes) is 1. The molecule has 0 unspecified atom stereocenters. The molecule has 0 amide bonds. The molecule has 2 N–H and O–H groups in total. The van der Waals surface area contributed by atoms with Gasteiger partial charge in [0.25, 0.3) is 0 Å². The van der Waals surface area contributed by atoms with E-state index in [0.29, 0.717) is 6.54 Å². The number of hydrogen-bond acceptors (Lipinski definition) is 4. The van der Waals surface area contributed by atoms with Crippen LogP contribution in [-0.2, 0) is 6.54 Å². The van der Waals surface area contributed by atoms with Crippen molar-refractivity contribution in [3.63, 3.8) is 0 Å². The summed E-state index contributed by atoms with van der Waals surface area (Å²) in [6.07, 6.45) is 4.20. The van der Waals surface area contributed by atoms with E-state index < -0.39 is 0 Å². The topological polar surface area (TPSA) is 55.8 Å². The number of likely N-dealkylation sites (N-methyl/N-ethyl adjacent to an activating group) is 1. The molecule has 0 bridgehead atoms. The fourth-order valence-corrected chi connectivity index (χ4v) is 2.64. The zero-order valence-electron chi connectivity index (χ0n) is 14.5. The van der Waals surface area contributed by atoms with Gasteiger partial charge in [-0.2, -0.15) is 0 Å². The van der Waals surface area contributed by atoms with Gasteiger partial charge in [0.05, 0.1) is 12.2 Å². The predicted octanol–water partition coefficient (Wildman–Crippen LogP) is 0.774. The minimum Gasteiger partial charge on any atom is -0.356 e. The second-order valence-corrected chi connectivity index (χ2v) is 6.03. The molecule has 2 rings (SSSR count). The minimum absolute atomic E-state index is 0.696. The van der Waals surface area contributed by atoms with Crippen molar-refractivity contribution in [3.8, 4) is 0 Å². The van der Waals surface area contributed by atoms with Crippen molar-refractivity contribution in [3.05, 3.63) is 30.1 Å². The number of piperazine rings is 1. The summed E-state index contributed by atoms with van der Waals surface area (Å²) in [5, 5.41) is 6.66. The molecule has 0 saturated carbocycles. The first kappa shape index (κ1) is 17.7. The minimum atomic E-state index is 0.696. The van der Waals surface area contributed by atoms with Crippen molar-refractivity contribution in [1.29, 1.82) is 0 Å². The Labute approximate surface area is 140 Å². The molecule has 23 heavy (non-hydrogen) atoms. The summed E-state index contributed by atoms with van der Waals surface area (Å²) in [5.41, 5.74) is 1.02. The third-order valence-corrected chi connectivity index (χ3v) is 4.18. The van der Waals surface area contributed by atoms with Crippen molar-refractivity contribution < 1.29 is 0 Å². The van der Waals surface area contributed by atoms with E-state index in [2.05, 4.69) is 37.5 Å². The maximum atomic E-state index is 4.30. The summed E-state index contributed by atoms with van der Waals surface area (Å²) < 4.78 is 0. The number of nitrogens with one attached hydrogen (secondary N) is 2. The van der Waals surface area contributed by atoms with Gasteiger partial charge in [-0.1, -0.05) is 6.07 Å². The SMILES string of the molecule is CN=C(NCCCCN1CCN(C)CC1)NCc1ccccn1. The quantitative estimate of drug-likeness (QED) is 0.442. The van der Waals surface area contributed by atoms with Crippen LogP contribution in [0, 0.1) is 0 Å². The van der Waals surface area contributed by atoms with Gasteiger partial charge in [0.2, 0.25) is 0 Å². The zero-order valence-corrected chi connectivity index (χ0v) is 14.5. The molecule has 0 atom stereocenters. The number of rotatable bonds is 7. The van der Waals surface area contributed by atoms with Crippen molar-refractivity contribution in [2.24, 2.45) is 4.99 Å². The number of guanidine groups is 1. The van der Waals surface area contributed by atoms with Crippen molar-refractivity contribution in [1.82, 2.24) is 25.4 Å². The van der Waals surface area contributed by atoms with Crippen LogP contribution in [0.1, 0.15) is 18.5 Å². The van der Waals surface area contributed by atoms with Gasteiger partial charge in [-0.15, -0.1) is 0 Å². The van der Waals surface area contributed by atoms with E-state index in [0.717, 1.165) is 24.6 Å². The average Bonchev–Trinajstić information content (AvgIpc) is 2.60. The molecule has 0 radical (unpaired) electrons. The predicted molar refractivity (Wildman–Crippen MR) is 95.6 cm³/mol. The second kappa shape index (κ2) is 10.2. The van der Waals surface area contributed by atoms with E-state index >= 15 is 0 Å². The molecule has 0 aliphatic carbocycles. The van der Waals surface area contributed by atoms with Gasteiger partial charge < -0.3 is 20.4 Å². The molecular weight excluding hydrogens is 288 g/mol. The number of aliphatic imine (C=N–C) groups is 1. The van der Waals surface area contributed by atoms with E-state index in [9.17, 15) is 0 Å². The Hall–Kier alpha value is -1.66. The Kier molecular flexibility index (Phi) is 7.83. The van der Waals surface area contributed by atoms with Crippen LogP contribution in [0.15, 0.2) is 29.4 Å². The number of aromatic nitrogens is 1. The number of nitrogens with zero attached hydrogens (tertiary/aromatic N) is 4. The molecule has 6 heteroatoms. The van der Waals surface area contributed by atoms with Crippen molar-refractivity contribution in [2.45, 2.75) is 19.4 Å². The van der Waals surface area contributed by atoms with E-state index in [1.54, 1.807) is 7.05 Å². The highest BCUT2D eigenvalue weighted by Gasteiger charge is 2.12. The summed E-state index contributed by atoms with van der Waals surface area (Å²) in [7, 11) is 4.00.